The van der Waals surface area contributed by atoms with Crippen LogP contribution in [-0.2, 0) is 0 Å². The minimum absolute atomic E-state index is 0.538. The lowest BCUT2D eigenvalue weighted by atomic mass is 9.94. The molecule has 0 aliphatic rings. The molecule has 16 aromatic rings. The summed E-state index contributed by atoms with van der Waals surface area (Å²) < 4.78 is 18.4. The Bertz CT molecular complexity index is 5100. The fourth-order valence-electron chi connectivity index (χ4n) is 11.9. The molecule has 0 amide bonds. The van der Waals surface area contributed by atoms with Crippen LogP contribution in [0, 0.1) is 11.3 Å². The van der Waals surface area contributed by atoms with Gasteiger partial charge in [0.1, 0.15) is 22.3 Å². The molecule has 78 heavy (non-hydrogen) atoms. The summed E-state index contributed by atoms with van der Waals surface area (Å²) in [7, 11) is 0. The first-order valence-corrected chi connectivity index (χ1v) is 26.0. The lowest BCUT2D eigenvalue weighted by Crippen LogP contribution is -2.04. The zero-order chi connectivity index (χ0) is 51.4. The monoisotopic (exact) mass is 996 g/mol. The molecule has 0 saturated carbocycles. The van der Waals surface area contributed by atoms with E-state index in [2.05, 4.69) is 149 Å². The van der Waals surface area contributed by atoms with Gasteiger partial charge in [-0.25, -0.2) is 15.0 Å². The summed E-state index contributed by atoms with van der Waals surface area (Å²) in [5, 5.41) is 18.4. The highest BCUT2D eigenvalue weighted by molar-refractivity contribution is 6.25. The van der Waals surface area contributed by atoms with E-state index >= 15 is 0 Å². The summed E-state index contributed by atoms with van der Waals surface area (Å²) >= 11 is 0. The third kappa shape index (κ3) is 6.62. The van der Waals surface area contributed by atoms with Gasteiger partial charge < -0.3 is 18.0 Å². The minimum Gasteiger partial charge on any atom is -0.455 e. The van der Waals surface area contributed by atoms with Crippen molar-refractivity contribution in [3.05, 3.63) is 248 Å². The molecule has 11 aromatic carbocycles. The number of rotatable bonds is 7. The second-order valence-electron chi connectivity index (χ2n) is 19.8. The molecule has 0 aliphatic heterocycles. The Morgan fingerprint density at radius 3 is 1.23 bits per heavy atom. The van der Waals surface area contributed by atoms with Crippen molar-refractivity contribution in [2.75, 3.05) is 0 Å². The molecule has 0 saturated heterocycles. The number of nitriles is 1. The number of benzene rings is 11. The highest BCUT2D eigenvalue weighted by Crippen LogP contribution is 2.47. The molecule has 362 valence electrons. The molecular weight excluding hydrogens is 957 g/mol. The maximum absolute atomic E-state index is 9.88. The van der Waals surface area contributed by atoms with Crippen molar-refractivity contribution in [1.82, 2.24) is 24.1 Å². The van der Waals surface area contributed by atoms with Crippen LogP contribution in [0.2, 0.25) is 0 Å². The Balaban J connectivity index is 1.04. The zero-order valence-electron chi connectivity index (χ0n) is 41.6. The van der Waals surface area contributed by atoms with E-state index in [0.29, 0.717) is 23.0 Å². The first kappa shape index (κ1) is 43.5. The van der Waals surface area contributed by atoms with Gasteiger partial charge in [0.15, 0.2) is 17.5 Å². The lowest BCUT2D eigenvalue weighted by Gasteiger charge is -2.21. The molecule has 5 aromatic heterocycles. The molecule has 16 rings (SSSR count). The number of aromatic nitrogens is 5. The van der Waals surface area contributed by atoms with E-state index < -0.39 is 0 Å². The van der Waals surface area contributed by atoms with Crippen molar-refractivity contribution in [3.8, 4) is 73.9 Å². The van der Waals surface area contributed by atoms with Gasteiger partial charge in [-0.1, -0.05) is 152 Å². The highest BCUT2D eigenvalue weighted by atomic mass is 16.3. The second kappa shape index (κ2) is 17.1. The van der Waals surface area contributed by atoms with Gasteiger partial charge >= 0.3 is 0 Å². The third-order valence-corrected chi connectivity index (χ3v) is 15.4. The molecule has 0 fully saturated rings. The van der Waals surface area contributed by atoms with E-state index in [1.165, 1.54) is 0 Å². The van der Waals surface area contributed by atoms with Gasteiger partial charge in [0, 0.05) is 60.1 Å². The molecule has 0 spiro atoms. The minimum atomic E-state index is 0.538. The van der Waals surface area contributed by atoms with Crippen molar-refractivity contribution in [3.63, 3.8) is 0 Å². The van der Waals surface area contributed by atoms with E-state index in [4.69, 9.17) is 23.8 Å². The molecule has 0 radical (unpaired) electrons. The Morgan fingerprint density at radius 2 is 0.731 bits per heavy atom. The average molecular weight is 997 g/mol. The van der Waals surface area contributed by atoms with E-state index in [0.717, 1.165) is 138 Å². The van der Waals surface area contributed by atoms with Crippen molar-refractivity contribution in [1.29, 1.82) is 5.26 Å². The van der Waals surface area contributed by atoms with Crippen LogP contribution in [0.1, 0.15) is 5.56 Å². The van der Waals surface area contributed by atoms with E-state index in [1.54, 1.807) is 0 Å². The Morgan fingerprint density at radius 1 is 0.321 bits per heavy atom. The average Bonchev–Trinajstić information content (AvgIpc) is 4.38. The van der Waals surface area contributed by atoms with E-state index in [1.807, 2.05) is 109 Å². The number of nitrogens with zero attached hydrogens (tertiary/aromatic N) is 6. The van der Waals surface area contributed by atoms with Gasteiger partial charge in [-0.3, -0.25) is 0 Å². The maximum atomic E-state index is 9.88. The Kier molecular flexibility index (Phi) is 9.53. The van der Waals surface area contributed by atoms with Crippen LogP contribution in [0.4, 0.5) is 0 Å². The number of fused-ring (bicyclic) bond motifs is 14. The summed E-state index contributed by atoms with van der Waals surface area (Å²) in [6.45, 7) is 0. The third-order valence-electron chi connectivity index (χ3n) is 15.4. The first-order chi connectivity index (χ1) is 38.6. The SMILES string of the molecule is N#Cc1ccc(-c2ccc(-n3c4ccccc4c4c5oc6ccccc6c5ccc43)c(-c3cc(-c4nc(-c5ccccc5)nc(-c5ccccc5)n4)ccc3-n3c4ccccc4c4c5oc6ccccc6c5ccc43)c2)cc1. The van der Waals surface area contributed by atoms with Crippen LogP contribution < -0.4 is 0 Å². The molecule has 0 unspecified atom stereocenters. The molecule has 8 heteroatoms. The fourth-order valence-corrected chi connectivity index (χ4v) is 11.9. The van der Waals surface area contributed by atoms with Crippen molar-refractivity contribution < 1.29 is 8.83 Å². The highest BCUT2D eigenvalue weighted by Gasteiger charge is 2.26. The summed E-state index contributed by atoms with van der Waals surface area (Å²) in [6, 6.07) is 86.3. The predicted octanol–water partition coefficient (Wildman–Crippen LogP) is 18.1. The summed E-state index contributed by atoms with van der Waals surface area (Å²) in [6.07, 6.45) is 0. The van der Waals surface area contributed by atoms with Crippen LogP contribution in [0.5, 0.6) is 0 Å². The molecule has 8 nitrogen and oxygen atoms in total. The van der Waals surface area contributed by atoms with Crippen LogP contribution in [0.15, 0.2) is 251 Å². The van der Waals surface area contributed by atoms with Crippen LogP contribution in [-0.4, -0.2) is 24.1 Å². The Hall–Kier alpha value is -10.9. The number of hydrogen-bond acceptors (Lipinski definition) is 6. The number of para-hydroxylation sites is 4. The van der Waals surface area contributed by atoms with Gasteiger partial charge in [-0.2, -0.15) is 5.26 Å². The molecular formula is C70H40N6O2. The van der Waals surface area contributed by atoms with Gasteiger partial charge in [-0.05, 0) is 102 Å². The maximum Gasteiger partial charge on any atom is 0.164 e. The summed E-state index contributed by atoms with van der Waals surface area (Å²) in [5.74, 6) is 1.69. The van der Waals surface area contributed by atoms with Gasteiger partial charge in [0.05, 0.1) is 55.8 Å². The molecule has 0 bridgehead atoms. The van der Waals surface area contributed by atoms with Gasteiger partial charge in [-0.15, -0.1) is 0 Å². The van der Waals surface area contributed by atoms with Crippen LogP contribution in [0.3, 0.4) is 0 Å². The summed E-state index contributed by atoms with van der Waals surface area (Å²) in [5.41, 5.74) is 16.4. The quantitative estimate of drug-likeness (QED) is 0.158. The number of hydrogen-bond donors (Lipinski definition) is 0. The number of furan rings is 2. The van der Waals surface area contributed by atoms with Gasteiger partial charge in [0.2, 0.25) is 0 Å². The standard InChI is InChI=1S/C70H40N6O2/c71-41-42-27-29-43(30-28-42)46-31-35-58(75-56-23-11-7-21-52(56)64-60(75)37-33-50-48-19-9-13-25-62(48)77-66(50)64)54(39-46)55-40-47(70-73-68(44-15-3-1-4-16-44)72-69(74-70)45-17-5-2-6-18-45)32-36-59(55)76-57-24-12-8-22-53(57)65-61(76)38-34-51-49-20-10-14-26-63(49)78-67(51)65/h1-40H. The molecule has 0 aliphatic carbocycles. The molecule has 0 atom stereocenters. The largest absolute Gasteiger partial charge is 0.455 e. The van der Waals surface area contributed by atoms with Crippen molar-refractivity contribution in [2.45, 2.75) is 0 Å². The van der Waals surface area contributed by atoms with E-state index in [9.17, 15) is 5.26 Å². The summed E-state index contributed by atoms with van der Waals surface area (Å²) in [4.78, 5) is 15.6. The van der Waals surface area contributed by atoms with Crippen LogP contribution in [0.25, 0.3) is 155 Å². The predicted molar refractivity (Wildman–Crippen MR) is 315 cm³/mol. The lowest BCUT2D eigenvalue weighted by molar-refractivity contribution is 0.672. The fraction of sp³-hybridized carbons (Fsp3) is 0. The topological polar surface area (TPSA) is 98.6 Å². The zero-order valence-corrected chi connectivity index (χ0v) is 41.6. The Labute approximate surface area is 445 Å². The van der Waals surface area contributed by atoms with E-state index in [-0.39, 0.29) is 0 Å². The van der Waals surface area contributed by atoms with Crippen molar-refractivity contribution >= 4 is 87.5 Å². The van der Waals surface area contributed by atoms with Crippen molar-refractivity contribution in [2.24, 2.45) is 0 Å². The molecule has 0 N–H and O–H groups in total. The second-order valence-corrected chi connectivity index (χ2v) is 19.8. The van der Waals surface area contributed by atoms with Gasteiger partial charge in [0.25, 0.3) is 0 Å². The smallest absolute Gasteiger partial charge is 0.164 e. The normalized spacial score (nSPS) is 11.8. The molecule has 5 heterocycles. The first-order valence-electron chi connectivity index (χ1n) is 26.0. The van der Waals surface area contributed by atoms with Crippen LogP contribution >= 0.6 is 0 Å².